The van der Waals surface area contributed by atoms with Crippen LogP contribution in [0, 0.1) is 0 Å². The summed E-state index contributed by atoms with van der Waals surface area (Å²) < 4.78 is 15.9. The van der Waals surface area contributed by atoms with E-state index in [1.807, 2.05) is 18.2 Å². The third-order valence-electron chi connectivity index (χ3n) is 5.62. The summed E-state index contributed by atoms with van der Waals surface area (Å²) in [4.78, 5) is 27.7. The first-order valence-corrected chi connectivity index (χ1v) is 9.03. The van der Waals surface area contributed by atoms with E-state index in [1.54, 1.807) is 37.3 Å². The Morgan fingerprint density at radius 2 is 1.75 bits per heavy atom. The van der Waals surface area contributed by atoms with Crippen LogP contribution < -0.4 is 19.5 Å². The minimum atomic E-state index is -0.751. The second-order valence-electron chi connectivity index (χ2n) is 6.99. The van der Waals surface area contributed by atoms with Crippen molar-refractivity contribution in [3.63, 3.8) is 0 Å². The van der Waals surface area contributed by atoms with Gasteiger partial charge in [-0.15, -0.1) is 0 Å². The van der Waals surface area contributed by atoms with Gasteiger partial charge >= 0.3 is 0 Å². The molecular formula is C21H22N2O5. The number of rotatable bonds is 4. The second kappa shape index (κ2) is 6.74. The zero-order valence-corrected chi connectivity index (χ0v) is 16.1. The van der Waals surface area contributed by atoms with Gasteiger partial charge in [-0.1, -0.05) is 0 Å². The van der Waals surface area contributed by atoms with E-state index in [4.69, 9.17) is 14.2 Å². The van der Waals surface area contributed by atoms with Crippen molar-refractivity contribution in [2.24, 2.45) is 0 Å². The Kier molecular flexibility index (Phi) is 4.37. The van der Waals surface area contributed by atoms with Gasteiger partial charge in [-0.3, -0.25) is 9.59 Å². The molecule has 7 nitrogen and oxygen atoms in total. The first-order chi connectivity index (χ1) is 13.5. The van der Waals surface area contributed by atoms with Crippen LogP contribution in [0.4, 0.5) is 5.69 Å². The highest BCUT2D eigenvalue weighted by Gasteiger charge is 2.52. The molecule has 2 aromatic rings. The Balaban J connectivity index is 1.65. The lowest BCUT2D eigenvalue weighted by molar-refractivity contribution is -0.120. The first kappa shape index (κ1) is 18.2. The molecule has 1 spiro atoms. The number of ether oxygens (including phenoxy) is 3. The lowest BCUT2D eigenvalue weighted by Crippen LogP contribution is -2.39. The molecule has 1 N–H and O–H groups in total. The maximum Gasteiger partial charge on any atom is 0.257 e. The van der Waals surface area contributed by atoms with Crippen LogP contribution in [-0.2, 0) is 10.2 Å². The average Bonchev–Trinajstić information content (AvgIpc) is 3.29. The van der Waals surface area contributed by atoms with Crippen LogP contribution in [0.5, 0.6) is 17.2 Å². The van der Waals surface area contributed by atoms with Gasteiger partial charge in [0.25, 0.3) is 5.91 Å². The number of amides is 2. The molecule has 1 fully saturated rings. The van der Waals surface area contributed by atoms with Gasteiger partial charge in [0.05, 0.1) is 32.3 Å². The predicted molar refractivity (Wildman–Crippen MR) is 103 cm³/mol. The average molecular weight is 382 g/mol. The van der Waals surface area contributed by atoms with Crippen LogP contribution in [0.3, 0.4) is 0 Å². The van der Waals surface area contributed by atoms with Gasteiger partial charge in [0.15, 0.2) is 0 Å². The number of carbonyl (C=O) groups excluding carboxylic acids is 2. The highest BCUT2D eigenvalue weighted by atomic mass is 16.5. The predicted octanol–water partition coefficient (Wildman–Crippen LogP) is 2.45. The van der Waals surface area contributed by atoms with E-state index in [2.05, 4.69) is 5.32 Å². The molecule has 4 rings (SSSR count). The monoisotopic (exact) mass is 382 g/mol. The molecule has 0 saturated carbocycles. The Morgan fingerprint density at radius 1 is 1.04 bits per heavy atom. The quantitative estimate of drug-likeness (QED) is 0.879. The molecular weight excluding hydrogens is 360 g/mol. The van der Waals surface area contributed by atoms with Crippen molar-refractivity contribution in [2.45, 2.75) is 11.8 Å². The van der Waals surface area contributed by atoms with Crippen LogP contribution >= 0.6 is 0 Å². The standard InChI is InChI=1S/C21H22N2O5/c1-26-13-5-7-17-16(10-13)21(20(25)22-17)8-9-23(12-21)19(24)15-6-4-14(27-2)11-18(15)28-3/h4-7,10-11H,8-9,12H2,1-3H3,(H,22,25)/t21-/m1/s1. The minimum absolute atomic E-state index is 0.0762. The summed E-state index contributed by atoms with van der Waals surface area (Å²) in [6.45, 7) is 0.797. The second-order valence-corrected chi connectivity index (χ2v) is 6.99. The van der Waals surface area contributed by atoms with E-state index < -0.39 is 5.41 Å². The number of methoxy groups -OCH3 is 3. The van der Waals surface area contributed by atoms with Crippen LogP contribution in [0.2, 0.25) is 0 Å². The third kappa shape index (κ3) is 2.66. The third-order valence-corrected chi connectivity index (χ3v) is 5.62. The maximum atomic E-state index is 13.2. The lowest BCUT2D eigenvalue weighted by atomic mass is 9.81. The molecule has 2 aromatic carbocycles. The Morgan fingerprint density at radius 3 is 2.46 bits per heavy atom. The first-order valence-electron chi connectivity index (χ1n) is 9.03. The van der Waals surface area contributed by atoms with E-state index in [0.717, 1.165) is 11.3 Å². The fourth-order valence-corrected chi connectivity index (χ4v) is 4.05. The van der Waals surface area contributed by atoms with E-state index in [-0.39, 0.29) is 11.8 Å². The molecule has 2 aliphatic heterocycles. The van der Waals surface area contributed by atoms with Crippen LogP contribution in [0.1, 0.15) is 22.3 Å². The molecule has 28 heavy (non-hydrogen) atoms. The van der Waals surface area contributed by atoms with E-state index in [1.165, 1.54) is 7.11 Å². The van der Waals surface area contributed by atoms with Crippen molar-refractivity contribution in [2.75, 3.05) is 39.7 Å². The van der Waals surface area contributed by atoms with Gasteiger partial charge in [0.1, 0.15) is 17.2 Å². The number of hydrogen-bond acceptors (Lipinski definition) is 5. The van der Waals surface area contributed by atoms with Gasteiger partial charge in [-0.05, 0) is 42.3 Å². The molecule has 2 aliphatic rings. The zero-order valence-electron chi connectivity index (χ0n) is 16.1. The smallest absolute Gasteiger partial charge is 0.257 e. The van der Waals surface area contributed by atoms with Crippen molar-refractivity contribution < 1.29 is 23.8 Å². The van der Waals surface area contributed by atoms with Gasteiger partial charge in [0.2, 0.25) is 5.91 Å². The van der Waals surface area contributed by atoms with E-state index >= 15 is 0 Å². The van der Waals surface area contributed by atoms with Gasteiger partial charge in [0, 0.05) is 24.8 Å². The van der Waals surface area contributed by atoms with Crippen molar-refractivity contribution in [1.29, 1.82) is 0 Å². The topological polar surface area (TPSA) is 77.1 Å². The molecule has 0 aromatic heterocycles. The van der Waals surface area contributed by atoms with Crippen LogP contribution in [-0.4, -0.2) is 51.1 Å². The Hall–Kier alpha value is -3.22. The zero-order chi connectivity index (χ0) is 19.9. The molecule has 0 unspecified atom stereocenters. The molecule has 0 bridgehead atoms. The summed E-state index contributed by atoms with van der Waals surface area (Å²) in [5.74, 6) is 1.51. The largest absolute Gasteiger partial charge is 0.497 e. The highest BCUT2D eigenvalue weighted by molar-refractivity contribution is 6.08. The molecule has 2 amide bonds. The number of likely N-dealkylation sites (tertiary alicyclic amines) is 1. The molecule has 1 saturated heterocycles. The number of carbonyl (C=O) groups is 2. The van der Waals surface area contributed by atoms with Gasteiger partial charge < -0.3 is 24.4 Å². The lowest BCUT2D eigenvalue weighted by Gasteiger charge is -2.23. The molecule has 0 aliphatic carbocycles. The number of nitrogens with zero attached hydrogens (tertiary/aromatic N) is 1. The number of hydrogen-bond donors (Lipinski definition) is 1. The van der Waals surface area contributed by atoms with E-state index in [9.17, 15) is 9.59 Å². The van der Waals surface area contributed by atoms with Crippen molar-refractivity contribution >= 4 is 17.5 Å². The molecule has 0 radical (unpaired) electrons. The molecule has 7 heteroatoms. The number of benzene rings is 2. The van der Waals surface area contributed by atoms with Crippen molar-refractivity contribution in [3.05, 3.63) is 47.5 Å². The summed E-state index contributed by atoms with van der Waals surface area (Å²) in [6.07, 6.45) is 0.559. The van der Waals surface area contributed by atoms with E-state index in [0.29, 0.717) is 42.3 Å². The van der Waals surface area contributed by atoms with Crippen molar-refractivity contribution in [3.8, 4) is 17.2 Å². The minimum Gasteiger partial charge on any atom is -0.497 e. The van der Waals surface area contributed by atoms with Gasteiger partial charge in [-0.2, -0.15) is 0 Å². The maximum absolute atomic E-state index is 13.2. The fraction of sp³-hybridized carbons (Fsp3) is 0.333. The Labute approximate surface area is 163 Å². The van der Waals surface area contributed by atoms with Gasteiger partial charge in [-0.25, -0.2) is 0 Å². The highest BCUT2D eigenvalue weighted by Crippen LogP contribution is 2.46. The Bertz CT molecular complexity index is 958. The van der Waals surface area contributed by atoms with Crippen LogP contribution in [0.15, 0.2) is 36.4 Å². The SMILES string of the molecule is COc1ccc(C(=O)N2CC[C@]3(C2)C(=O)Nc2ccc(OC)cc23)c(OC)c1. The summed E-state index contributed by atoms with van der Waals surface area (Å²) in [5, 5.41) is 2.94. The number of nitrogens with one attached hydrogen (secondary N) is 1. The summed E-state index contributed by atoms with van der Waals surface area (Å²) in [5.41, 5.74) is 1.36. The summed E-state index contributed by atoms with van der Waals surface area (Å²) >= 11 is 0. The molecule has 146 valence electrons. The fourth-order valence-electron chi connectivity index (χ4n) is 4.05. The normalized spacial score (nSPS) is 20.1. The summed E-state index contributed by atoms with van der Waals surface area (Å²) in [7, 11) is 4.67. The van der Waals surface area contributed by atoms with Crippen molar-refractivity contribution in [1.82, 2.24) is 4.90 Å². The summed E-state index contributed by atoms with van der Waals surface area (Å²) in [6, 6.07) is 10.6. The number of fused-ring (bicyclic) bond motifs is 2. The molecule has 1 atom stereocenters. The van der Waals surface area contributed by atoms with Crippen LogP contribution in [0.25, 0.3) is 0 Å². The molecule has 2 heterocycles. The number of anilines is 1.